The van der Waals surface area contributed by atoms with Crippen LogP contribution in [0, 0.1) is 13.8 Å². The highest BCUT2D eigenvalue weighted by atomic mass is 32.1. The van der Waals surface area contributed by atoms with Crippen LogP contribution < -0.4 is 10.2 Å². The average molecular weight is 303 g/mol. The van der Waals surface area contributed by atoms with Gasteiger partial charge in [0, 0.05) is 5.38 Å². The Hall–Kier alpha value is -1.88. The van der Waals surface area contributed by atoms with Crippen molar-refractivity contribution >= 4 is 22.7 Å². The summed E-state index contributed by atoms with van der Waals surface area (Å²) in [6.07, 6.45) is 1.83. The molecule has 0 atom stereocenters. The first-order valence-corrected chi connectivity index (χ1v) is 7.79. The van der Waals surface area contributed by atoms with Gasteiger partial charge in [-0.3, -0.25) is 5.43 Å². The normalized spacial score (nSPS) is 11.3. The molecular weight excluding hydrogens is 282 g/mol. The number of rotatable bonds is 5. The molecule has 1 aromatic carbocycles. The van der Waals surface area contributed by atoms with Crippen LogP contribution in [0.5, 0.6) is 5.75 Å². The Morgan fingerprint density at radius 2 is 2.10 bits per heavy atom. The first-order valence-electron chi connectivity index (χ1n) is 6.91. The SMILES string of the molecule is COc1cc(C)c(C=NNc2nc(C)cs2)cc1C(C)C. The van der Waals surface area contributed by atoms with Crippen LogP contribution in [-0.4, -0.2) is 18.3 Å². The van der Waals surface area contributed by atoms with Crippen LogP contribution in [0.25, 0.3) is 0 Å². The zero-order valence-electron chi connectivity index (χ0n) is 13.1. The fourth-order valence-electron chi connectivity index (χ4n) is 2.05. The fourth-order valence-corrected chi connectivity index (χ4v) is 2.68. The number of thiazole rings is 1. The molecule has 0 aliphatic heterocycles. The van der Waals surface area contributed by atoms with Crippen molar-refractivity contribution in [3.8, 4) is 5.75 Å². The molecule has 0 saturated heterocycles. The molecule has 0 spiro atoms. The lowest BCUT2D eigenvalue weighted by molar-refractivity contribution is 0.407. The summed E-state index contributed by atoms with van der Waals surface area (Å²) in [4.78, 5) is 4.31. The second kappa shape index (κ2) is 6.72. The van der Waals surface area contributed by atoms with Crippen LogP contribution >= 0.6 is 11.3 Å². The molecule has 0 fully saturated rings. The van der Waals surface area contributed by atoms with Crippen LogP contribution in [0.15, 0.2) is 22.6 Å². The molecule has 0 saturated carbocycles. The van der Waals surface area contributed by atoms with Gasteiger partial charge >= 0.3 is 0 Å². The van der Waals surface area contributed by atoms with E-state index in [2.05, 4.69) is 48.4 Å². The first kappa shape index (κ1) is 15.5. The van der Waals surface area contributed by atoms with Crippen molar-refractivity contribution in [1.29, 1.82) is 0 Å². The average Bonchev–Trinajstić information content (AvgIpc) is 2.85. The summed E-state index contributed by atoms with van der Waals surface area (Å²) in [6, 6.07) is 4.20. The van der Waals surface area contributed by atoms with E-state index < -0.39 is 0 Å². The zero-order valence-corrected chi connectivity index (χ0v) is 13.9. The molecule has 1 heterocycles. The Balaban J connectivity index is 2.21. The Bertz CT molecular complexity index is 647. The topological polar surface area (TPSA) is 46.5 Å². The van der Waals surface area contributed by atoms with Gasteiger partial charge in [0.15, 0.2) is 0 Å². The van der Waals surface area contributed by atoms with Crippen molar-refractivity contribution in [3.05, 3.63) is 39.9 Å². The summed E-state index contributed by atoms with van der Waals surface area (Å²) in [5.74, 6) is 1.34. The summed E-state index contributed by atoms with van der Waals surface area (Å²) in [5, 5.41) is 7.07. The molecular formula is C16H21N3OS. The van der Waals surface area contributed by atoms with E-state index in [1.54, 1.807) is 18.4 Å². The lowest BCUT2D eigenvalue weighted by atomic mass is 9.97. The highest BCUT2D eigenvalue weighted by Crippen LogP contribution is 2.29. The number of nitrogens with one attached hydrogen (secondary N) is 1. The molecule has 1 N–H and O–H groups in total. The standard InChI is InChI=1S/C16H21N3OS/c1-10(2)14-7-13(11(3)6-15(14)20-5)8-17-19-16-18-12(4)9-21-16/h6-10H,1-5H3,(H,18,19). The zero-order chi connectivity index (χ0) is 15.4. The van der Waals surface area contributed by atoms with E-state index in [-0.39, 0.29) is 0 Å². The molecule has 0 radical (unpaired) electrons. The molecule has 21 heavy (non-hydrogen) atoms. The van der Waals surface area contributed by atoms with Crippen molar-refractivity contribution in [2.24, 2.45) is 5.10 Å². The number of aromatic nitrogens is 1. The minimum Gasteiger partial charge on any atom is -0.496 e. The van der Waals surface area contributed by atoms with Crippen molar-refractivity contribution in [2.45, 2.75) is 33.6 Å². The predicted molar refractivity (Wildman–Crippen MR) is 89.9 cm³/mol. The van der Waals surface area contributed by atoms with E-state index in [0.717, 1.165) is 27.7 Å². The second-order valence-corrected chi connectivity index (χ2v) is 6.13. The van der Waals surface area contributed by atoms with Crippen LogP contribution in [0.1, 0.15) is 42.1 Å². The fraction of sp³-hybridized carbons (Fsp3) is 0.375. The van der Waals surface area contributed by atoms with Crippen LogP contribution in [0.2, 0.25) is 0 Å². The minimum atomic E-state index is 0.405. The highest BCUT2D eigenvalue weighted by Gasteiger charge is 2.10. The van der Waals surface area contributed by atoms with Gasteiger partial charge < -0.3 is 4.74 Å². The Morgan fingerprint density at radius 3 is 2.67 bits per heavy atom. The van der Waals surface area contributed by atoms with Gasteiger partial charge in [0.2, 0.25) is 5.13 Å². The van der Waals surface area contributed by atoms with Gasteiger partial charge in [0.05, 0.1) is 19.0 Å². The summed E-state index contributed by atoms with van der Waals surface area (Å²) >= 11 is 1.55. The number of methoxy groups -OCH3 is 1. The molecule has 0 aliphatic carbocycles. The molecule has 0 bridgehead atoms. The molecule has 5 heteroatoms. The molecule has 112 valence electrons. The van der Waals surface area contributed by atoms with Crippen LogP contribution in [0.4, 0.5) is 5.13 Å². The van der Waals surface area contributed by atoms with Crippen molar-refractivity contribution in [2.75, 3.05) is 12.5 Å². The van der Waals surface area contributed by atoms with Crippen molar-refractivity contribution in [1.82, 2.24) is 4.98 Å². The number of hydrogen-bond acceptors (Lipinski definition) is 5. The van der Waals surface area contributed by atoms with Gasteiger partial charge in [-0.2, -0.15) is 5.10 Å². The smallest absolute Gasteiger partial charge is 0.203 e. The van der Waals surface area contributed by atoms with Gasteiger partial charge in [-0.15, -0.1) is 11.3 Å². The second-order valence-electron chi connectivity index (χ2n) is 5.27. The number of hydrogen-bond donors (Lipinski definition) is 1. The third kappa shape index (κ3) is 3.82. The first-order chi connectivity index (χ1) is 10.0. The number of ether oxygens (including phenoxy) is 1. The lowest BCUT2D eigenvalue weighted by Crippen LogP contribution is -1.99. The monoisotopic (exact) mass is 303 g/mol. The number of hydrazone groups is 1. The summed E-state index contributed by atoms with van der Waals surface area (Å²) < 4.78 is 5.45. The summed E-state index contributed by atoms with van der Waals surface area (Å²) in [5.41, 5.74) is 7.37. The molecule has 1 aromatic heterocycles. The van der Waals surface area contributed by atoms with Crippen molar-refractivity contribution in [3.63, 3.8) is 0 Å². The molecule has 2 aromatic rings. The molecule has 0 amide bonds. The number of aryl methyl sites for hydroxylation is 2. The third-order valence-corrected chi connectivity index (χ3v) is 4.09. The maximum atomic E-state index is 5.45. The van der Waals surface area contributed by atoms with E-state index in [0.29, 0.717) is 5.92 Å². The number of nitrogens with zero attached hydrogens (tertiary/aromatic N) is 2. The van der Waals surface area contributed by atoms with Gasteiger partial charge in [-0.1, -0.05) is 13.8 Å². The Labute approximate surface area is 129 Å². The lowest BCUT2D eigenvalue weighted by Gasteiger charge is -2.14. The Morgan fingerprint density at radius 1 is 1.33 bits per heavy atom. The Kier molecular flexibility index (Phi) is 4.96. The van der Waals surface area contributed by atoms with Gasteiger partial charge in [0.1, 0.15) is 5.75 Å². The van der Waals surface area contributed by atoms with E-state index in [1.807, 2.05) is 18.5 Å². The van der Waals surface area contributed by atoms with E-state index >= 15 is 0 Å². The molecule has 4 nitrogen and oxygen atoms in total. The highest BCUT2D eigenvalue weighted by molar-refractivity contribution is 7.13. The third-order valence-electron chi connectivity index (χ3n) is 3.22. The largest absolute Gasteiger partial charge is 0.496 e. The molecule has 2 rings (SSSR count). The minimum absolute atomic E-state index is 0.405. The number of benzene rings is 1. The quantitative estimate of drug-likeness (QED) is 0.660. The van der Waals surface area contributed by atoms with Gasteiger partial charge in [-0.25, -0.2) is 4.98 Å². The molecule has 0 aliphatic rings. The number of anilines is 1. The van der Waals surface area contributed by atoms with E-state index in [9.17, 15) is 0 Å². The van der Waals surface area contributed by atoms with Gasteiger partial charge in [-0.05, 0) is 48.6 Å². The van der Waals surface area contributed by atoms with Gasteiger partial charge in [0.25, 0.3) is 0 Å². The summed E-state index contributed by atoms with van der Waals surface area (Å²) in [6.45, 7) is 8.34. The van der Waals surface area contributed by atoms with E-state index in [1.165, 1.54) is 5.56 Å². The maximum Gasteiger partial charge on any atom is 0.203 e. The van der Waals surface area contributed by atoms with Crippen LogP contribution in [-0.2, 0) is 0 Å². The van der Waals surface area contributed by atoms with Crippen molar-refractivity contribution < 1.29 is 4.74 Å². The van der Waals surface area contributed by atoms with E-state index in [4.69, 9.17) is 4.74 Å². The van der Waals surface area contributed by atoms with Crippen LogP contribution in [0.3, 0.4) is 0 Å². The summed E-state index contributed by atoms with van der Waals surface area (Å²) in [7, 11) is 1.71. The molecule has 0 unspecified atom stereocenters. The maximum absolute atomic E-state index is 5.45. The predicted octanol–water partition coefficient (Wildman–Crippen LogP) is 4.34.